The number of aryl methyl sites for hydroxylation is 2. The van der Waals surface area contributed by atoms with Crippen LogP contribution in [0, 0.1) is 13.8 Å². The summed E-state index contributed by atoms with van der Waals surface area (Å²) in [5.41, 5.74) is 2.87. The summed E-state index contributed by atoms with van der Waals surface area (Å²) in [5, 5.41) is 4.44. The third-order valence-corrected chi connectivity index (χ3v) is 8.15. The van der Waals surface area contributed by atoms with Crippen LogP contribution < -0.4 is 14.8 Å². The molecule has 1 aliphatic carbocycles. The van der Waals surface area contributed by atoms with Gasteiger partial charge in [0.2, 0.25) is 0 Å². The number of thiazole rings is 1. The lowest BCUT2D eigenvalue weighted by molar-refractivity contribution is 0.403. The van der Waals surface area contributed by atoms with Gasteiger partial charge in [-0.1, -0.05) is 30.6 Å². The molecule has 0 unspecified atom stereocenters. The van der Waals surface area contributed by atoms with Crippen molar-refractivity contribution >= 4 is 32.2 Å². The zero-order valence-corrected chi connectivity index (χ0v) is 20.1. The van der Waals surface area contributed by atoms with E-state index in [4.69, 9.17) is 9.72 Å². The summed E-state index contributed by atoms with van der Waals surface area (Å²) in [5.74, 6) is 0.282. The first kappa shape index (κ1) is 22.5. The van der Waals surface area contributed by atoms with Gasteiger partial charge in [-0.2, -0.15) is 0 Å². The molecular weight excluding hydrogens is 444 g/mol. The van der Waals surface area contributed by atoms with Crippen molar-refractivity contribution in [1.82, 2.24) is 9.97 Å². The molecule has 2 heterocycles. The van der Waals surface area contributed by atoms with E-state index in [-0.39, 0.29) is 10.6 Å². The lowest BCUT2D eigenvalue weighted by Crippen LogP contribution is -2.21. The second-order valence-electron chi connectivity index (χ2n) is 8.07. The van der Waals surface area contributed by atoms with E-state index in [0.29, 0.717) is 11.7 Å². The SMILES string of the molecule is COc1ccc(-c2sc(NC3CCCCC3)nc2C)cc1S(=O)(=O)Nc1ccc(C)nc1. The highest BCUT2D eigenvalue weighted by Crippen LogP contribution is 2.37. The molecule has 0 saturated heterocycles. The van der Waals surface area contributed by atoms with E-state index in [1.54, 1.807) is 35.6 Å². The van der Waals surface area contributed by atoms with Crippen LogP contribution in [0.5, 0.6) is 5.75 Å². The molecule has 0 atom stereocenters. The van der Waals surface area contributed by atoms with Crippen molar-refractivity contribution in [3.05, 3.63) is 47.9 Å². The Hall–Kier alpha value is -2.65. The van der Waals surface area contributed by atoms with Crippen LogP contribution in [0.4, 0.5) is 10.8 Å². The van der Waals surface area contributed by atoms with E-state index in [0.717, 1.165) is 27.0 Å². The average molecular weight is 473 g/mol. The molecule has 170 valence electrons. The van der Waals surface area contributed by atoms with Gasteiger partial charge >= 0.3 is 0 Å². The van der Waals surface area contributed by atoms with Crippen LogP contribution in [0.3, 0.4) is 0 Å². The summed E-state index contributed by atoms with van der Waals surface area (Å²) in [7, 11) is -2.41. The molecule has 1 aromatic carbocycles. The van der Waals surface area contributed by atoms with E-state index in [1.807, 2.05) is 19.9 Å². The molecule has 4 rings (SSSR count). The van der Waals surface area contributed by atoms with Crippen LogP contribution in [0.1, 0.15) is 43.5 Å². The number of ether oxygens (including phenoxy) is 1. The highest BCUT2D eigenvalue weighted by Gasteiger charge is 2.23. The molecule has 2 N–H and O–H groups in total. The Morgan fingerprint density at radius 2 is 1.88 bits per heavy atom. The minimum Gasteiger partial charge on any atom is -0.495 e. The van der Waals surface area contributed by atoms with Gasteiger partial charge in [0.1, 0.15) is 10.6 Å². The van der Waals surface area contributed by atoms with E-state index in [9.17, 15) is 8.42 Å². The average Bonchev–Trinajstić information content (AvgIpc) is 3.15. The van der Waals surface area contributed by atoms with Gasteiger partial charge in [-0.25, -0.2) is 13.4 Å². The molecule has 0 spiro atoms. The van der Waals surface area contributed by atoms with Gasteiger partial charge < -0.3 is 10.1 Å². The van der Waals surface area contributed by atoms with E-state index >= 15 is 0 Å². The molecule has 32 heavy (non-hydrogen) atoms. The zero-order chi connectivity index (χ0) is 22.7. The maximum absolute atomic E-state index is 13.2. The number of nitrogens with one attached hydrogen (secondary N) is 2. The minimum atomic E-state index is -3.87. The standard InChI is InChI=1S/C23H28N4O3S2/c1-15-9-11-19(14-24-15)27-32(28,29)21-13-17(10-12-20(21)30-3)22-16(2)25-23(31-22)26-18-7-5-4-6-8-18/h9-14,18,27H,4-8H2,1-3H3,(H,25,26). The fourth-order valence-electron chi connectivity index (χ4n) is 3.91. The fourth-order valence-corrected chi connectivity index (χ4v) is 6.19. The molecule has 1 saturated carbocycles. The number of anilines is 2. The van der Waals surface area contributed by atoms with Crippen molar-refractivity contribution in [2.75, 3.05) is 17.1 Å². The molecule has 0 bridgehead atoms. The second kappa shape index (κ2) is 9.46. The Kier molecular flexibility index (Phi) is 6.66. The number of rotatable bonds is 7. The van der Waals surface area contributed by atoms with Crippen molar-refractivity contribution in [1.29, 1.82) is 0 Å². The quantitative estimate of drug-likeness (QED) is 0.480. The summed E-state index contributed by atoms with van der Waals surface area (Å²) in [6, 6.07) is 9.11. The van der Waals surface area contributed by atoms with Gasteiger partial charge in [-0.05, 0) is 62.6 Å². The topological polar surface area (TPSA) is 93.2 Å². The summed E-state index contributed by atoms with van der Waals surface area (Å²) >= 11 is 1.56. The van der Waals surface area contributed by atoms with E-state index in [1.165, 1.54) is 45.4 Å². The third-order valence-electron chi connectivity index (χ3n) is 5.61. The predicted molar refractivity (Wildman–Crippen MR) is 129 cm³/mol. The second-order valence-corrected chi connectivity index (χ2v) is 10.7. The summed E-state index contributed by atoms with van der Waals surface area (Å²) in [6.07, 6.45) is 7.63. The lowest BCUT2D eigenvalue weighted by atomic mass is 9.96. The van der Waals surface area contributed by atoms with Crippen molar-refractivity contribution < 1.29 is 13.2 Å². The van der Waals surface area contributed by atoms with Gasteiger partial charge in [0.05, 0.1) is 29.6 Å². The van der Waals surface area contributed by atoms with Gasteiger partial charge in [-0.3, -0.25) is 9.71 Å². The first-order valence-electron chi connectivity index (χ1n) is 10.7. The Balaban J connectivity index is 1.63. The molecule has 1 fully saturated rings. The number of methoxy groups -OCH3 is 1. The number of hydrogen-bond donors (Lipinski definition) is 2. The normalized spacial score (nSPS) is 14.8. The van der Waals surface area contributed by atoms with Crippen LogP contribution in [-0.4, -0.2) is 31.5 Å². The third kappa shape index (κ3) is 5.05. The Bertz CT molecular complexity index is 1180. The maximum Gasteiger partial charge on any atom is 0.265 e. The number of nitrogens with zero attached hydrogens (tertiary/aromatic N) is 2. The summed E-state index contributed by atoms with van der Waals surface area (Å²) < 4.78 is 34.3. The van der Waals surface area contributed by atoms with E-state index in [2.05, 4.69) is 15.0 Å². The van der Waals surface area contributed by atoms with Crippen LogP contribution in [-0.2, 0) is 10.0 Å². The monoisotopic (exact) mass is 472 g/mol. The summed E-state index contributed by atoms with van der Waals surface area (Å²) in [6.45, 7) is 3.80. The lowest BCUT2D eigenvalue weighted by Gasteiger charge is -2.22. The van der Waals surface area contributed by atoms with Crippen LogP contribution in [0.25, 0.3) is 10.4 Å². The van der Waals surface area contributed by atoms with Crippen molar-refractivity contribution in [3.8, 4) is 16.2 Å². The molecule has 0 amide bonds. The van der Waals surface area contributed by atoms with Crippen LogP contribution >= 0.6 is 11.3 Å². The molecule has 3 aromatic rings. The Morgan fingerprint density at radius 1 is 1.09 bits per heavy atom. The summed E-state index contributed by atoms with van der Waals surface area (Å²) in [4.78, 5) is 9.87. The highest BCUT2D eigenvalue weighted by molar-refractivity contribution is 7.92. The molecule has 0 radical (unpaired) electrons. The van der Waals surface area contributed by atoms with Crippen LogP contribution in [0.2, 0.25) is 0 Å². The first-order chi connectivity index (χ1) is 15.4. The maximum atomic E-state index is 13.2. The zero-order valence-electron chi connectivity index (χ0n) is 18.5. The van der Waals surface area contributed by atoms with E-state index < -0.39 is 10.0 Å². The number of sulfonamides is 1. The van der Waals surface area contributed by atoms with Crippen molar-refractivity contribution in [3.63, 3.8) is 0 Å². The van der Waals surface area contributed by atoms with Crippen molar-refractivity contribution in [2.24, 2.45) is 0 Å². The highest BCUT2D eigenvalue weighted by atomic mass is 32.2. The molecule has 2 aromatic heterocycles. The van der Waals surface area contributed by atoms with Gasteiger partial charge in [-0.15, -0.1) is 0 Å². The Morgan fingerprint density at radius 3 is 2.56 bits per heavy atom. The van der Waals surface area contributed by atoms with Gasteiger partial charge in [0, 0.05) is 11.7 Å². The Labute approximate surface area is 193 Å². The number of pyridine rings is 1. The largest absolute Gasteiger partial charge is 0.495 e. The number of aromatic nitrogens is 2. The molecule has 7 nitrogen and oxygen atoms in total. The van der Waals surface area contributed by atoms with Gasteiger partial charge in [0.25, 0.3) is 10.0 Å². The van der Waals surface area contributed by atoms with Crippen molar-refractivity contribution in [2.45, 2.75) is 56.9 Å². The molecular formula is C23H28N4O3S2. The molecule has 9 heteroatoms. The first-order valence-corrected chi connectivity index (χ1v) is 13.0. The molecule has 1 aliphatic rings. The minimum absolute atomic E-state index is 0.0765. The fraction of sp³-hybridized carbons (Fsp3) is 0.391. The predicted octanol–water partition coefficient (Wildman–Crippen LogP) is 5.38. The number of benzene rings is 1. The molecule has 0 aliphatic heterocycles. The smallest absolute Gasteiger partial charge is 0.265 e. The number of hydrogen-bond acceptors (Lipinski definition) is 7. The van der Waals surface area contributed by atoms with Crippen LogP contribution in [0.15, 0.2) is 41.4 Å². The van der Waals surface area contributed by atoms with Gasteiger partial charge in [0.15, 0.2) is 5.13 Å².